The molecule has 0 atom stereocenters. The lowest BCUT2D eigenvalue weighted by molar-refractivity contribution is -0.385. The van der Waals surface area contributed by atoms with Gasteiger partial charge < -0.3 is 5.32 Å². The fourth-order valence-corrected chi connectivity index (χ4v) is 2.24. The number of nitrogens with zero attached hydrogens (tertiary/aromatic N) is 1. The van der Waals surface area contributed by atoms with Crippen LogP contribution in [0.1, 0.15) is 21.5 Å². The third-order valence-corrected chi connectivity index (χ3v) is 3.88. The van der Waals surface area contributed by atoms with Crippen LogP contribution in [0.15, 0.2) is 40.9 Å². The molecule has 2 rings (SSSR count). The van der Waals surface area contributed by atoms with Gasteiger partial charge in [0.15, 0.2) is 0 Å². The second-order valence-corrected chi connectivity index (χ2v) is 5.55. The normalized spacial score (nSPS) is 10.2. The summed E-state index contributed by atoms with van der Waals surface area (Å²) in [6.45, 7) is 3.71. The summed E-state index contributed by atoms with van der Waals surface area (Å²) in [4.78, 5) is 22.7. The van der Waals surface area contributed by atoms with Crippen LogP contribution in [0.25, 0.3) is 0 Å². The number of nitro groups is 1. The van der Waals surface area contributed by atoms with E-state index in [0.717, 1.165) is 15.6 Å². The first-order valence-electron chi connectivity index (χ1n) is 6.21. The summed E-state index contributed by atoms with van der Waals surface area (Å²) >= 11 is 3.38. The number of nitro benzene ring substituents is 1. The quantitative estimate of drug-likeness (QED) is 0.666. The average molecular weight is 349 g/mol. The van der Waals surface area contributed by atoms with Crippen molar-refractivity contribution < 1.29 is 9.72 Å². The Balaban J connectivity index is 2.34. The molecule has 2 aromatic rings. The Bertz CT molecular complexity index is 729. The number of hydrogen-bond donors (Lipinski definition) is 1. The second-order valence-electron chi connectivity index (χ2n) is 4.70. The van der Waals surface area contributed by atoms with Crippen molar-refractivity contribution in [1.29, 1.82) is 0 Å². The third-order valence-electron chi connectivity index (χ3n) is 3.02. The number of nitrogens with one attached hydrogen (secondary N) is 1. The van der Waals surface area contributed by atoms with Gasteiger partial charge in [-0.1, -0.05) is 28.1 Å². The molecule has 5 nitrogen and oxygen atoms in total. The Morgan fingerprint density at radius 2 is 1.90 bits per heavy atom. The van der Waals surface area contributed by atoms with Crippen molar-refractivity contribution in [3.8, 4) is 0 Å². The van der Waals surface area contributed by atoms with Crippen LogP contribution >= 0.6 is 15.9 Å². The molecule has 1 amide bonds. The number of benzene rings is 2. The molecule has 0 heterocycles. The highest BCUT2D eigenvalue weighted by Crippen LogP contribution is 2.24. The summed E-state index contributed by atoms with van der Waals surface area (Å²) in [7, 11) is 0. The Labute approximate surface area is 130 Å². The molecule has 0 bridgehead atoms. The van der Waals surface area contributed by atoms with Crippen LogP contribution in [-0.4, -0.2) is 10.8 Å². The van der Waals surface area contributed by atoms with Crippen LogP contribution in [0.5, 0.6) is 0 Å². The zero-order valence-corrected chi connectivity index (χ0v) is 13.1. The average Bonchev–Trinajstić information content (AvgIpc) is 2.42. The predicted octanol–water partition coefficient (Wildman–Crippen LogP) is 4.23. The Kier molecular flexibility index (Phi) is 4.37. The summed E-state index contributed by atoms with van der Waals surface area (Å²) < 4.78 is 0.860. The smallest absolute Gasteiger partial charge is 0.282 e. The van der Waals surface area contributed by atoms with Gasteiger partial charge in [0.05, 0.1) is 4.92 Å². The number of carbonyl (C=O) groups is 1. The molecule has 0 unspecified atom stereocenters. The predicted molar refractivity (Wildman–Crippen MR) is 84.7 cm³/mol. The topological polar surface area (TPSA) is 72.2 Å². The van der Waals surface area contributed by atoms with Crippen LogP contribution in [0.2, 0.25) is 0 Å². The number of halogens is 1. The summed E-state index contributed by atoms with van der Waals surface area (Å²) in [6.07, 6.45) is 0. The molecule has 0 fully saturated rings. The van der Waals surface area contributed by atoms with E-state index in [4.69, 9.17) is 0 Å². The van der Waals surface area contributed by atoms with Crippen molar-refractivity contribution in [2.24, 2.45) is 0 Å². The van der Waals surface area contributed by atoms with Crippen molar-refractivity contribution in [3.05, 3.63) is 67.7 Å². The van der Waals surface area contributed by atoms with Gasteiger partial charge in [-0.3, -0.25) is 14.9 Å². The number of amides is 1. The van der Waals surface area contributed by atoms with Crippen molar-refractivity contribution in [3.63, 3.8) is 0 Å². The minimum Gasteiger partial charge on any atom is -0.322 e. The van der Waals surface area contributed by atoms with Crippen LogP contribution in [0.4, 0.5) is 11.4 Å². The molecule has 1 N–H and O–H groups in total. The maximum Gasteiger partial charge on any atom is 0.282 e. The van der Waals surface area contributed by atoms with E-state index in [0.29, 0.717) is 5.69 Å². The Morgan fingerprint density at radius 1 is 1.19 bits per heavy atom. The van der Waals surface area contributed by atoms with Gasteiger partial charge in [0, 0.05) is 16.2 Å². The Hall–Kier alpha value is -2.21. The van der Waals surface area contributed by atoms with E-state index in [2.05, 4.69) is 21.2 Å². The highest BCUT2D eigenvalue weighted by molar-refractivity contribution is 9.10. The molecule has 21 heavy (non-hydrogen) atoms. The van der Waals surface area contributed by atoms with Crippen LogP contribution < -0.4 is 5.32 Å². The first kappa shape index (κ1) is 15.2. The summed E-state index contributed by atoms with van der Waals surface area (Å²) in [5.41, 5.74) is 2.25. The van der Waals surface area contributed by atoms with Gasteiger partial charge in [-0.15, -0.1) is 0 Å². The van der Waals surface area contributed by atoms with E-state index < -0.39 is 10.8 Å². The fraction of sp³-hybridized carbons (Fsp3) is 0.133. The van der Waals surface area contributed by atoms with Crippen LogP contribution in [0.3, 0.4) is 0 Å². The van der Waals surface area contributed by atoms with Crippen molar-refractivity contribution in [1.82, 2.24) is 0 Å². The van der Waals surface area contributed by atoms with Crippen LogP contribution in [-0.2, 0) is 0 Å². The SMILES string of the molecule is Cc1ccc([N+](=O)[O-])c(C(=O)Nc2ccc(C)c(Br)c2)c1. The second kappa shape index (κ2) is 6.05. The highest BCUT2D eigenvalue weighted by Gasteiger charge is 2.20. The molecule has 0 aliphatic carbocycles. The van der Waals surface area contributed by atoms with Crippen molar-refractivity contribution in [2.45, 2.75) is 13.8 Å². The third kappa shape index (κ3) is 3.46. The zero-order chi connectivity index (χ0) is 15.6. The lowest BCUT2D eigenvalue weighted by Gasteiger charge is -2.08. The number of carbonyl (C=O) groups excluding carboxylic acids is 1. The summed E-state index contributed by atoms with van der Waals surface area (Å²) in [5, 5.41) is 13.7. The van der Waals surface area contributed by atoms with E-state index in [1.165, 1.54) is 12.1 Å². The van der Waals surface area contributed by atoms with Crippen molar-refractivity contribution in [2.75, 3.05) is 5.32 Å². The molecule has 0 aliphatic heterocycles. The molecular weight excluding hydrogens is 336 g/mol. The van der Waals surface area contributed by atoms with Gasteiger partial charge in [-0.25, -0.2) is 0 Å². The minimum atomic E-state index is -0.556. The number of anilines is 1. The molecule has 2 aromatic carbocycles. The van der Waals surface area contributed by atoms with Gasteiger partial charge >= 0.3 is 0 Å². The number of aryl methyl sites for hydroxylation is 2. The first-order chi connectivity index (χ1) is 9.88. The number of hydrogen-bond acceptors (Lipinski definition) is 3. The molecule has 6 heteroatoms. The van der Waals surface area contributed by atoms with E-state index in [1.54, 1.807) is 25.1 Å². The van der Waals surface area contributed by atoms with Gasteiger partial charge in [0.25, 0.3) is 11.6 Å². The first-order valence-corrected chi connectivity index (χ1v) is 7.00. The van der Waals surface area contributed by atoms with Gasteiger partial charge in [-0.05, 0) is 43.2 Å². The standard InChI is InChI=1S/C15H13BrN2O3/c1-9-3-6-14(18(20)21)12(7-9)15(19)17-11-5-4-10(2)13(16)8-11/h3-8H,1-2H3,(H,17,19). The molecule has 0 spiro atoms. The molecule has 0 aliphatic rings. The highest BCUT2D eigenvalue weighted by atomic mass is 79.9. The molecule has 0 aromatic heterocycles. The summed E-state index contributed by atoms with van der Waals surface area (Å²) in [5.74, 6) is -0.499. The van der Waals surface area contributed by atoms with Gasteiger partial charge in [0.1, 0.15) is 5.56 Å². The van der Waals surface area contributed by atoms with E-state index in [1.807, 2.05) is 13.0 Å². The molecular formula is C15H13BrN2O3. The molecule has 108 valence electrons. The minimum absolute atomic E-state index is 0.0525. The largest absolute Gasteiger partial charge is 0.322 e. The van der Waals surface area contributed by atoms with Gasteiger partial charge in [0.2, 0.25) is 0 Å². The maximum atomic E-state index is 12.3. The lowest BCUT2D eigenvalue weighted by Crippen LogP contribution is -2.14. The van der Waals surface area contributed by atoms with E-state index in [9.17, 15) is 14.9 Å². The number of rotatable bonds is 3. The van der Waals surface area contributed by atoms with Crippen LogP contribution in [0, 0.1) is 24.0 Å². The summed E-state index contributed by atoms with van der Waals surface area (Å²) in [6, 6.07) is 9.82. The van der Waals surface area contributed by atoms with Gasteiger partial charge in [-0.2, -0.15) is 0 Å². The molecule has 0 radical (unpaired) electrons. The molecule has 0 saturated carbocycles. The fourth-order valence-electron chi connectivity index (χ4n) is 1.86. The monoisotopic (exact) mass is 348 g/mol. The zero-order valence-electron chi connectivity index (χ0n) is 11.5. The van der Waals surface area contributed by atoms with Crippen molar-refractivity contribution >= 4 is 33.2 Å². The maximum absolute atomic E-state index is 12.3. The molecule has 0 saturated heterocycles. The van der Waals surface area contributed by atoms with E-state index >= 15 is 0 Å². The Morgan fingerprint density at radius 3 is 2.52 bits per heavy atom. The van der Waals surface area contributed by atoms with E-state index in [-0.39, 0.29) is 11.3 Å². The lowest BCUT2D eigenvalue weighted by atomic mass is 10.1.